The Morgan fingerprint density at radius 2 is 2.00 bits per heavy atom. The molecule has 0 atom stereocenters. The lowest BCUT2D eigenvalue weighted by atomic mass is 10.0. The van der Waals surface area contributed by atoms with Crippen LogP contribution in [0.3, 0.4) is 0 Å². The van der Waals surface area contributed by atoms with Gasteiger partial charge in [-0.1, -0.05) is 6.07 Å². The Morgan fingerprint density at radius 1 is 1.20 bits per heavy atom. The molecule has 20 heavy (non-hydrogen) atoms. The zero-order valence-corrected chi connectivity index (χ0v) is 13.1. The maximum Gasteiger partial charge on any atom is 0.154 e. The van der Waals surface area contributed by atoms with Crippen LogP contribution in [-0.2, 0) is 0 Å². The van der Waals surface area contributed by atoms with Gasteiger partial charge in [0.25, 0.3) is 0 Å². The molecular formula is C15H14BrN3O. The van der Waals surface area contributed by atoms with Crippen LogP contribution in [0.4, 0.5) is 0 Å². The van der Waals surface area contributed by atoms with Gasteiger partial charge < -0.3 is 4.74 Å². The van der Waals surface area contributed by atoms with Gasteiger partial charge in [-0.2, -0.15) is 5.10 Å². The summed E-state index contributed by atoms with van der Waals surface area (Å²) in [5, 5.41) is 4.62. The lowest BCUT2D eigenvalue weighted by Gasteiger charge is -2.12. The second-order valence-electron chi connectivity index (χ2n) is 4.73. The number of rotatable bonds is 2. The summed E-state index contributed by atoms with van der Waals surface area (Å²) >= 11 is 3.44. The number of hydrogen-bond donors (Lipinski definition) is 0. The molecule has 4 nitrogen and oxygen atoms in total. The second-order valence-corrected chi connectivity index (χ2v) is 5.54. The van der Waals surface area contributed by atoms with Gasteiger partial charge in [0.1, 0.15) is 10.4 Å². The molecule has 2 heterocycles. The Labute approximate surface area is 125 Å². The molecule has 0 fully saturated rings. The van der Waals surface area contributed by atoms with Gasteiger partial charge in [0.05, 0.1) is 19.0 Å². The molecule has 102 valence electrons. The van der Waals surface area contributed by atoms with Gasteiger partial charge in [-0.15, -0.1) is 0 Å². The van der Waals surface area contributed by atoms with Crippen molar-refractivity contribution in [2.75, 3.05) is 7.11 Å². The third-order valence-corrected chi connectivity index (χ3v) is 3.76. The minimum atomic E-state index is 0.809. The van der Waals surface area contributed by atoms with Crippen LogP contribution in [0.15, 0.2) is 35.1 Å². The summed E-state index contributed by atoms with van der Waals surface area (Å²) in [6.45, 7) is 4.11. The van der Waals surface area contributed by atoms with Crippen LogP contribution in [0.2, 0.25) is 0 Å². The van der Waals surface area contributed by atoms with E-state index in [1.807, 2.05) is 19.1 Å². The van der Waals surface area contributed by atoms with Gasteiger partial charge >= 0.3 is 0 Å². The average molecular weight is 332 g/mol. The van der Waals surface area contributed by atoms with E-state index in [1.54, 1.807) is 17.8 Å². The number of nitrogens with zero attached hydrogens (tertiary/aromatic N) is 3. The first-order valence-corrected chi connectivity index (χ1v) is 7.05. The van der Waals surface area contributed by atoms with Crippen molar-refractivity contribution in [3.05, 3.63) is 46.2 Å². The van der Waals surface area contributed by atoms with Crippen molar-refractivity contribution in [1.82, 2.24) is 14.6 Å². The first kappa shape index (κ1) is 13.1. The van der Waals surface area contributed by atoms with Crippen LogP contribution in [-0.4, -0.2) is 21.7 Å². The van der Waals surface area contributed by atoms with Gasteiger partial charge in [0, 0.05) is 5.56 Å². The summed E-state index contributed by atoms with van der Waals surface area (Å²) in [6.07, 6.45) is 1.74. The fourth-order valence-corrected chi connectivity index (χ4v) is 2.77. The van der Waals surface area contributed by atoms with Gasteiger partial charge in [0.15, 0.2) is 5.65 Å². The summed E-state index contributed by atoms with van der Waals surface area (Å²) in [5.74, 6) is 0.860. The Balaban J connectivity index is 2.26. The largest absolute Gasteiger partial charge is 0.496 e. The zero-order chi connectivity index (χ0) is 14.3. The molecule has 3 aromatic rings. The molecule has 5 heteroatoms. The van der Waals surface area contributed by atoms with Crippen molar-refractivity contribution in [3.63, 3.8) is 0 Å². The topological polar surface area (TPSA) is 39.4 Å². The molecule has 0 radical (unpaired) electrons. The van der Waals surface area contributed by atoms with Crippen molar-refractivity contribution >= 4 is 21.6 Å². The number of aryl methyl sites for hydroxylation is 2. The van der Waals surface area contributed by atoms with Crippen molar-refractivity contribution in [2.45, 2.75) is 13.8 Å². The highest BCUT2D eigenvalue weighted by atomic mass is 79.9. The molecule has 0 spiro atoms. The number of methoxy groups -OCH3 is 1. The molecule has 0 N–H and O–H groups in total. The monoisotopic (exact) mass is 331 g/mol. The Morgan fingerprint density at radius 3 is 2.75 bits per heavy atom. The number of fused-ring (bicyclic) bond motifs is 1. The highest BCUT2D eigenvalue weighted by Crippen LogP contribution is 2.33. The molecule has 0 aliphatic heterocycles. The van der Waals surface area contributed by atoms with E-state index in [9.17, 15) is 0 Å². The molecule has 0 saturated carbocycles. The average Bonchev–Trinajstić information content (AvgIpc) is 2.79. The number of aromatic nitrogens is 3. The first-order chi connectivity index (χ1) is 9.60. The number of halogens is 1. The molecule has 0 unspecified atom stereocenters. The molecule has 0 aliphatic rings. The second kappa shape index (κ2) is 4.90. The highest BCUT2D eigenvalue weighted by Gasteiger charge is 2.12. The minimum absolute atomic E-state index is 0.809. The zero-order valence-electron chi connectivity index (χ0n) is 11.5. The van der Waals surface area contributed by atoms with Gasteiger partial charge in [-0.3, -0.25) is 0 Å². The fourth-order valence-electron chi connectivity index (χ4n) is 2.40. The molecule has 2 aromatic heterocycles. The summed E-state index contributed by atoms with van der Waals surface area (Å²) in [5.41, 5.74) is 4.95. The van der Waals surface area contributed by atoms with E-state index < -0.39 is 0 Å². The predicted octanol–water partition coefficient (Wildman–Crippen LogP) is 3.78. The summed E-state index contributed by atoms with van der Waals surface area (Å²) in [7, 11) is 1.69. The van der Waals surface area contributed by atoms with Crippen LogP contribution in [0, 0.1) is 13.8 Å². The Hall–Kier alpha value is -1.88. The van der Waals surface area contributed by atoms with E-state index in [4.69, 9.17) is 4.74 Å². The van der Waals surface area contributed by atoms with Crippen LogP contribution in [0.5, 0.6) is 5.75 Å². The van der Waals surface area contributed by atoms with Crippen molar-refractivity contribution in [2.24, 2.45) is 0 Å². The van der Waals surface area contributed by atoms with Gasteiger partial charge in [0.2, 0.25) is 0 Å². The third kappa shape index (κ3) is 2.08. The van der Waals surface area contributed by atoms with Crippen molar-refractivity contribution in [1.29, 1.82) is 0 Å². The number of imidazole rings is 1. The third-order valence-electron chi connectivity index (χ3n) is 3.22. The SMILES string of the molecule is COc1c(C)cc(C)cc1-c1ccc2ncc(Br)n2n1. The maximum absolute atomic E-state index is 5.53. The normalized spacial score (nSPS) is 11.0. The number of ether oxygens (including phenoxy) is 1. The van der Waals surface area contributed by atoms with Crippen LogP contribution < -0.4 is 4.74 Å². The van der Waals surface area contributed by atoms with E-state index in [0.29, 0.717) is 0 Å². The lowest BCUT2D eigenvalue weighted by molar-refractivity contribution is 0.413. The number of benzene rings is 1. The smallest absolute Gasteiger partial charge is 0.154 e. The molecule has 3 rings (SSSR count). The quantitative estimate of drug-likeness (QED) is 0.717. The molecule has 1 aromatic carbocycles. The Kier molecular flexibility index (Phi) is 3.22. The van der Waals surface area contributed by atoms with E-state index in [0.717, 1.165) is 32.8 Å². The molecule has 0 aliphatic carbocycles. The molecule has 0 saturated heterocycles. The maximum atomic E-state index is 5.53. The van der Waals surface area contributed by atoms with Crippen LogP contribution >= 0.6 is 15.9 Å². The summed E-state index contributed by atoms with van der Waals surface area (Å²) in [6, 6.07) is 8.11. The number of hydrogen-bond acceptors (Lipinski definition) is 3. The minimum Gasteiger partial charge on any atom is -0.496 e. The summed E-state index contributed by atoms with van der Waals surface area (Å²) in [4.78, 5) is 4.25. The van der Waals surface area contributed by atoms with Crippen molar-refractivity contribution < 1.29 is 4.74 Å². The summed E-state index contributed by atoms with van der Waals surface area (Å²) < 4.78 is 8.13. The van der Waals surface area contributed by atoms with E-state index in [1.165, 1.54) is 5.56 Å². The molecule has 0 bridgehead atoms. The van der Waals surface area contributed by atoms with Crippen LogP contribution in [0.1, 0.15) is 11.1 Å². The van der Waals surface area contributed by atoms with E-state index in [2.05, 4.69) is 45.1 Å². The molecular weight excluding hydrogens is 318 g/mol. The standard InChI is InChI=1S/C15H14BrN3O/c1-9-6-10(2)15(20-3)11(7-9)12-4-5-14-17-8-13(16)19(14)18-12/h4-8H,1-3H3. The van der Waals surface area contributed by atoms with Gasteiger partial charge in [-0.25, -0.2) is 9.50 Å². The highest BCUT2D eigenvalue weighted by molar-refractivity contribution is 9.10. The van der Waals surface area contributed by atoms with Gasteiger partial charge in [-0.05, 0) is 59.1 Å². The predicted molar refractivity (Wildman–Crippen MR) is 82.1 cm³/mol. The van der Waals surface area contributed by atoms with E-state index in [-0.39, 0.29) is 0 Å². The first-order valence-electron chi connectivity index (χ1n) is 6.26. The Bertz CT molecular complexity index is 795. The fraction of sp³-hybridized carbons (Fsp3) is 0.200. The lowest BCUT2D eigenvalue weighted by Crippen LogP contribution is -1.98. The van der Waals surface area contributed by atoms with E-state index >= 15 is 0 Å². The van der Waals surface area contributed by atoms with Crippen LogP contribution in [0.25, 0.3) is 16.9 Å². The van der Waals surface area contributed by atoms with Crippen molar-refractivity contribution in [3.8, 4) is 17.0 Å². The molecule has 0 amide bonds.